The molecule has 0 aliphatic heterocycles. The molecule has 0 aromatic heterocycles. The third-order valence-corrected chi connectivity index (χ3v) is 3.10. The van der Waals surface area contributed by atoms with Crippen molar-refractivity contribution in [3.05, 3.63) is 0 Å². The van der Waals surface area contributed by atoms with Gasteiger partial charge in [-0.2, -0.15) is 0 Å². The van der Waals surface area contributed by atoms with E-state index in [9.17, 15) is 8.42 Å². The van der Waals surface area contributed by atoms with Crippen molar-refractivity contribution >= 4 is 10.0 Å². The van der Waals surface area contributed by atoms with Crippen LogP contribution in [0.3, 0.4) is 0 Å². The van der Waals surface area contributed by atoms with Crippen LogP contribution in [0.2, 0.25) is 0 Å². The van der Waals surface area contributed by atoms with E-state index in [2.05, 4.69) is 4.72 Å². The summed E-state index contributed by atoms with van der Waals surface area (Å²) in [5, 5.41) is 0. The molecule has 1 N–H and O–H groups in total. The van der Waals surface area contributed by atoms with E-state index < -0.39 is 10.0 Å². The van der Waals surface area contributed by atoms with Crippen LogP contribution in [0.1, 0.15) is 25.7 Å². The van der Waals surface area contributed by atoms with Gasteiger partial charge in [-0.05, 0) is 12.8 Å². The Kier molecular flexibility index (Phi) is 3.70. The Labute approximate surface area is 79.7 Å². The molecule has 0 aromatic rings. The number of sulfonamides is 1. The van der Waals surface area contributed by atoms with Crippen LogP contribution in [0.4, 0.5) is 0 Å². The highest BCUT2D eigenvalue weighted by molar-refractivity contribution is 7.88. The van der Waals surface area contributed by atoms with Crippen LogP contribution in [0.25, 0.3) is 0 Å². The molecule has 0 radical (unpaired) electrons. The van der Waals surface area contributed by atoms with E-state index in [0.29, 0.717) is 0 Å². The lowest BCUT2D eigenvalue weighted by Crippen LogP contribution is -2.45. The minimum Gasteiger partial charge on any atom is -0.380 e. The number of ether oxygens (including phenoxy) is 1. The SMILES string of the molecule is CO[C@@H]1CCCC[C@H]1NS(C)(=O)=O. The summed E-state index contributed by atoms with van der Waals surface area (Å²) < 4.78 is 29.8. The van der Waals surface area contributed by atoms with E-state index in [1.54, 1.807) is 7.11 Å². The fourth-order valence-corrected chi connectivity index (χ4v) is 2.61. The van der Waals surface area contributed by atoms with Crippen molar-refractivity contribution in [3.8, 4) is 0 Å². The Morgan fingerprint density at radius 2 is 1.92 bits per heavy atom. The van der Waals surface area contributed by atoms with Gasteiger partial charge in [-0.15, -0.1) is 0 Å². The summed E-state index contributed by atoms with van der Waals surface area (Å²) in [4.78, 5) is 0. The lowest BCUT2D eigenvalue weighted by Gasteiger charge is -2.30. The number of methoxy groups -OCH3 is 1. The van der Waals surface area contributed by atoms with Crippen LogP contribution in [0.5, 0.6) is 0 Å². The van der Waals surface area contributed by atoms with Crippen molar-refractivity contribution in [2.45, 2.75) is 37.8 Å². The van der Waals surface area contributed by atoms with Gasteiger partial charge in [0.1, 0.15) is 0 Å². The zero-order valence-electron chi connectivity index (χ0n) is 8.12. The van der Waals surface area contributed by atoms with Gasteiger partial charge in [0, 0.05) is 13.2 Å². The summed E-state index contributed by atoms with van der Waals surface area (Å²) in [7, 11) is -1.46. The molecule has 1 aliphatic carbocycles. The molecule has 0 saturated heterocycles. The molecule has 0 heterocycles. The van der Waals surface area contributed by atoms with Gasteiger partial charge in [0.25, 0.3) is 0 Å². The molecule has 0 spiro atoms. The monoisotopic (exact) mass is 207 g/mol. The van der Waals surface area contributed by atoms with E-state index in [1.807, 2.05) is 0 Å². The normalized spacial score (nSPS) is 30.3. The molecular formula is C8H17NO3S. The Bertz CT molecular complexity index is 250. The second kappa shape index (κ2) is 4.39. The first-order valence-corrected chi connectivity index (χ1v) is 6.42. The van der Waals surface area contributed by atoms with E-state index >= 15 is 0 Å². The van der Waals surface area contributed by atoms with Crippen LogP contribution in [-0.4, -0.2) is 33.9 Å². The predicted molar refractivity (Wildman–Crippen MR) is 51.0 cm³/mol. The van der Waals surface area contributed by atoms with Gasteiger partial charge in [-0.1, -0.05) is 12.8 Å². The second-order valence-electron chi connectivity index (χ2n) is 3.56. The average molecular weight is 207 g/mol. The molecule has 4 nitrogen and oxygen atoms in total. The number of hydrogen-bond acceptors (Lipinski definition) is 3. The van der Waals surface area contributed by atoms with Crippen molar-refractivity contribution in [2.24, 2.45) is 0 Å². The maximum atomic E-state index is 11.0. The third kappa shape index (κ3) is 3.62. The molecule has 1 saturated carbocycles. The second-order valence-corrected chi connectivity index (χ2v) is 5.34. The van der Waals surface area contributed by atoms with Gasteiger partial charge in [-0.3, -0.25) is 0 Å². The first-order chi connectivity index (χ1) is 6.03. The average Bonchev–Trinajstić information content (AvgIpc) is 2.02. The molecule has 1 fully saturated rings. The van der Waals surface area contributed by atoms with E-state index in [1.165, 1.54) is 6.26 Å². The molecular weight excluding hydrogens is 190 g/mol. The molecule has 13 heavy (non-hydrogen) atoms. The molecule has 0 unspecified atom stereocenters. The minimum atomic E-state index is -3.10. The van der Waals surface area contributed by atoms with Crippen molar-refractivity contribution in [1.29, 1.82) is 0 Å². The molecule has 2 atom stereocenters. The smallest absolute Gasteiger partial charge is 0.209 e. The largest absolute Gasteiger partial charge is 0.380 e. The van der Waals surface area contributed by atoms with Crippen molar-refractivity contribution in [1.82, 2.24) is 4.72 Å². The van der Waals surface area contributed by atoms with Crippen molar-refractivity contribution < 1.29 is 13.2 Å². The maximum Gasteiger partial charge on any atom is 0.209 e. The van der Waals surface area contributed by atoms with Gasteiger partial charge in [0.2, 0.25) is 10.0 Å². The van der Waals surface area contributed by atoms with Gasteiger partial charge >= 0.3 is 0 Å². The Hall–Kier alpha value is -0.130. The van der Waals surface area contributed by atoms with E-state index in [4.69, 9.17) is 4.74 Å². The predicted octanol–water partition coefficient (Wildman–Crippen LogP) is 0.493. The standard InChI is InChI=1S/C8H17NO3S/c1-12-8-6-4-3-5-7(8)9-13(2,10)11/h7-9H,3-6H2,1-2H3/t7-,8-/m1/s1. The highest BCUT2D eigenvalue weighted by Gasteiger charge is 2.26. The summed E-state index contributed by atoms with van der Waals surface area (Å²) in [6.07, 6.45) is 5.26. The highest BCUT2D eigenvalue weighted by Crippen LogP contribution is 2.20. The zero-order valence-corrected chi connectivity index (χ0v) is 8.93. The molecule has 0 aromatic carbocycles. The zero-order chi connectivity index (χ0) is 9.90. The summed E-state index contributed by atoms with van der Waals surface area (Å²) in [5.74, 6) is 0. The molecule has 78 valence electrons. The first kappa shape index (κ1) is 10.9. The molecule has 0 bridgehead atoms. The van der Waals surface area contributed by atoms with Gasteiger partial charge in [-0.25, -0.2) is 13.1 Å². The van der Waals surface area contributed by atoms with Crippen LogP contribution < -0.4 is 4.72 Å². The summed E-state index contributed by atoms with van der Waals surface area (Å²) >= 11 is 0. The summed E-state index contributed by atoms with van der Waals surface area (Å²) in [6.45, 7) is 0. The molecule has 1 rings (SSSR count). The number of rotatable bonds is 3. The van der Waals surface area contributed by atoms with Gasteiger partial charge in [0.05, 0.1) is 12.4 Å². The first-order valence-electron chi connectivity index (χ1n) is 4.53. The lowest BCUT2D eigenvalue weighted by atomic mass is 9.93. The Balaban J connectivity index is 2.55. The van der Waals surface area contributed by atoms with E-state index in [-0.39, 0.29) is 12.1 Å². The molecule has 1 aliphatic rings. The minimum absolute atomic E-state index is 0.0336. The highest BCUT2D eigenvalue weighted by atomic mass is 32.2. The van der Waals surface area contributed by atoms with Gasteiger partial charge in [0.15, 0.2) is 0 Å². The van der Waals surface area contributed by atoms with Crippen LogP contribution in [0.15, 0.2) is 0 Å². The quantitative estimate of drug-likeness (QED) is 0.733. The summed E-state index contributed by atoms with van der Waals surface area (Å²) in [6, 6.07) is -0.0336. The van der Waals surface area contributed by atoms with Crippen LogP contribution in [0, 0.1) is 0 Å². The van der Waals surface area contributed by atoms with E-state index in [0.717, 1.165) is 25.7 Å². The summed E-state index contributed by atoms with van der Waals surface area (Å²) in [5.41, 5.74) is 0. The fourth-order valence-electron chi connectivity index (χ4n) is 1.79. The fraction of sp³-hybridized carbons (Fsp3) is 1.00. The Morgan fingerprint density at radius 1 is 1.31 bits per heavy atom. The van der Waals surface area contributed by atoms with Crippen LogP contribution in [-0.2, 0) is 14.8 Å². The van der Waals surface area contributed by atoms with Crippen molar-refractivity contribution in [3.63, 3.8) is 0 Å². The molecule has 0 amide bonds. The Morgan fingerprint density at radius 3 is 2.46 bits per heavy atom. The van der Waals surface area contributed by atoms with Gasteiger partial charge < -0.3 is 4.74 Å². The number of nitrogens with one attached hydrogen (secondary N) is 1. The number of hydrogen-bond donors (Lipinski definition) is 1. The maximum absolute atomic E-state index is 11.0. The third-order valence-electron chi connectivity index (χ3n) is 2.37. The topological polar surface area (TPSA) is 55.4 Å². The lowest BCUT2D eigenvalue weighted by molar-refractivity contribution is 0.0493. The van der Waals surface area contributed by atoms with Crippen molar-refractivity contribution in [2.75, 3.05) is 13.4 Å². The molecule has 5 heteroatoms. The van der Waals surface area contributed by atoms with Crippen LogP contribution >= 0.6 is 0 Å².